The van der Waals surface area contributed by atoms with Crippen molar-refractivity contribution in [2.24, 2.45) is 5.92 Å². The number of rotatable bonds is 4. The molecule has 0 spiro atoms. The number of carbonyl (C=O) groups is 2. The van der Waals surface area contributed by atoms with Gasteiger partial charge in [0, 0.05) is 57.2 Å². The van der Waals surface area contributed by atoms with Crippen LogP contribution < -0.4 is 5.32 Å². The van der Waals surface area contributed by atoms with Gasteiger partial charge in [0.05, 0.1) is 0 Å². The van der Waals surface area contributed by atoms with Crippen LogP contribution in [0.4, 0.5) is 4.39 Å². The monoisotopic (exact) mass is 347 g/mol. The molecule has 0 aliphatic carbocycles. The topological polar surface area (TPSA) is 52.7 Å². The van der Waals surface area contributed by atoms with E-state index in [1.807, 2.05) is 12.1 Å². The molecule has 0 radical (unpaired) electrons. The highest BCUT2D eigenvalue weighted by atomic mass is 19.1. The van der Waals surface area contributed by atoms with E-state index < -0.39 is 0 Å². The van der Waals surface area contributed by atoms with Crippen molar-refractivity contribution < 1.29 is 14.0 Å². The molecule has 3 rings (SSSR count). The maximum absolute atomic E-state index is 13.7. The largest absolute Gasteiger partial charge is 0.353 e. The lowest BCUT2D eigenvalue weighted by molar-refractivity contribution is -0.139. The lowest BCUT2D eigenvalue weighted by Crippen LogP contribution is -2.48. The molecule has 2 fully saturated rings. The number of amides is 2. The van der Waals surface area contributed by atoms with Crippen molar-refractivity contribution in [2.75, 3.05) is 26.7 Å². The van der Waals surface area contributed by atoms with Crippen molar-refractivity contribution in [1.82, 2.24) is 15.1 Å². The van der Waals surface area contributed by atoms with Crippen molar-refractivity contribution in [2.45, 2.75) is 38.3 Å². The number of nitrogens with zero attached hydrogens (tertiary/aromatic N) is 2. The van der Waals surface area contributed by atoms with Crippen molar-refractivity contribution >= 4 is 11.8 Å². The van der Waals surface area contributed by atoms with Crippen LogP contribution in [-0.4, -0.2) is 54.3 Å². The predicted molar refractivity (Wildman–Crippen MR) is 93.2 cm³/mol. The molecule has 0 saturated carbocycles. The van der Waals surface area contributed by atoms with Crippen LogP contribution in [0.1, 0.15) is 31.2 Å². The van der Waals surface area contributed by atoms with Crippen molar-refractivity contribution in [3.63, 3.8) is 0 Å². The molecule has 6 heteroatoms. The van der Waals surface area contributed by atoms with E-state index in [1.54, 1.807) is 18.0 Å². The third kappa shape index (κ3) is 4.57. The number of nitrogens with one attached hydrogen (secondary N) is 1. The quantitative estimate of drug-likeness (QED) is 0.903. The highest BCUT2D eigenvalue weighted by Gasteiger charge is 2.30. The first kappa shape index (κ1) is 17.9. The van der Waals surface area contributed by atoms with Crippen LogP contribution in [-0.2, 0) is 16.1 Å². The molecule has 25 heavy (non-hydrogen) atoms. The molecule has 136 valence electrons. The molecule has 2 amide bonds. The Morgan fingerprint density at radius 1 is 1.20 bits per heavy atom. The van der Waals surface area contributed by atoms with E-state index in [4.69, 9.17) is 0 Å². The van der Waals surface area contributed by atoms with E-state index in [0.29, 0.717) is 19.5 Å². The summed E-state index contributed by atoms with van der Waals surface area (Å²) in [6.45, 7) is 2.94. The zero-order valence-corrected chi connectivity index (χ0v) is 14.7. The van der Waals surface area contributed by atoms with Crippen LogP contribution in [0.15, 0.2) is 24.3 Å². The molecular weight excluding hydrogens is 321 g/mol. The molecule has 2 saturated heterocycles. The number of carbonyl (C=O) groups excluding carboxylic acids is 2. The second-order valence-electron chi connectivity index (χ2n) is 7.16. The van der Waals surface area contributed by atoms with Crippen LogP contribution in [0.3, 0.4) is 0 Å². The van der Waals surface area contributed by atoms with Crippen molar-refractivity contribution in [3.05, 3.63) is 35.6 Å². The van der Waals surface area contributed by atoms with Gasteiger partial charge in [0.2, 0.25) is 11.8 Å². The third-order valence-electron chi connectivity index (χ3n) is 5.32. The average molecular weight is 347 g/mol. The van der Waals surface area contributed by atoms with E-state index in [1.165, 1.54) is 6.07 Å². The Morgan fingerprint density at radius 2 is 1.92 bits per heavy atom. The van der Waals surface area contributed by atoms with E-state index in [9.17, 15) is 14.0 Å². The first-order valence-electron chi connectivity index (χ1n) is 9.03. The van der Waals surface area contributed by atoms with Gasteiger partial charge in [0.15, 0.2) is 0 Å². The summed E-state index contributed by atoms with van der Waals surface area (Å²) >= 11 is 0. The number of hydrogen-bond donors (Lipinski definition) is 1. The van der Waals surface area contributed by atoms with Crippen LogP contribution in [0.25, 0.3) is 0 Å². The number of benzene rings is 1. The van der Waals surface area contributed by atoms with Crippen LogP contribution in [0.5, 0.6) is 0 Å². The highest BCUT2D eigenvalue weighted by molar-refractivity contribution is 5.86. The fourth-order valence-electron chi connectivity index (χ4n) is 3.59. The van der Waals surface area contributed by atoms with Crippen LogP contribution in [0.2, 0.25) is 0 Å². The third-order valence-corrected chi connectivity index (χ3v) is 5.32. The predicted octanol–water partition coefficient (Wildman–Crippen LogP) is 1.77. The van der Waals surface area contributed by atoms with E-state index >= 15 is 0 Å². The van der Waals surface area contributed by atoms with Gasteiger partial charge in [0.25, 0.3) is 0 Å². The molecule has 1 atom stereocenters. The van der Waals surface area contributed by atoms with E-state index in [0.717, 1.165) is 37.9 Å². The molecule has 5 nitrogen and oxygen atoms in total. The summed E-state index contributed by atoms with van der Waals surface area (Å²) in [6, 6.07) is 7.02. The Labute approximate surface area is 148 Å². The van der Waals surface area contributed by atoms with Gasteiger partial charge in [-0.15, -0.1) is 0 Å². The smallest absolute Gasteiger partial charge is 0.223 e. The SMILES string of the molecule is CN1CC[C@@H](C(=O)NC2CCN(Cc3ccccc3F)CC2)CC1=O. The molecule has 2 aliphatic heterocycles. The molecule has 2 heterocycles. The first-order chi connectivity index (χ1) is 12.0. The number of halogens is 1. The molecular formula is C19H26FN3O2. The number of likely N-dealkylation sites (tertiary alicyclic amines) is 2. The number of piperidine rings is 2. The molecule has 1 aromatic rings. The molecule has 0 aromatic heterocycles. The molecule has 0 unspecified atom stereocenters. The van der Waals surface area contributed by atoms with E-state index in [2.05, 4.69) is 10.2 Å². The molecule has 1 N–H and O–H groups in total. The normalized spacial score (nSPS) is 22.9. The van der Waals surface area contributed by atoms with E-state index in [-0.39, 0.29) is 29.6 Å². The van der Waals surface area contributed by atoms with Crippen LogP contribution >= 0.6 is 0 Å². The van der Waals surface area contributed by atoms with Gasteiger partial charge >= 0.3 is 0 Å². The maximum Gasteiger partial charge on any atom is 0.223 e. The summed E-state index contributed by atoms with van der Waals surface area (Å²) in [4.78, 5) is 28.1. The maximum atomic E-state index is 13.7. The van der Waals surface area contributed by atoms with Crippen LogP contribution in [0, 0.1) is 11.7 Å². The lowest BCUT2D eigenvalue weighted by atomic mass is 9.94. The fourth-order valence-corrected chi connectivity index (χ4v) is 3.59. The van der Waals surface area contributed by atoms with Gasteiger partial charge in [-0.3, -0.25) is 14.5 Å². The average Bonchev–Trinajstić information content (AvgIpc) is 2.61. The van der Waals surface area contributed by atoms with Crippen molar-refractivity contribution in [3.8, 4) is 0 Å². The Morgan fingerprint density at radius 3 is 2.60 bits per heavy atom. The standard InChI is InChI=1S/C19H26FN3O2/c1-22-9-6-14(12-18(22)24)19(25)21-16-7-10-23(11-8-16)13-15-4-2-3-5-17(15)20/h2-5,14,16H,6-13H2,1H3,(H,21,25)/t14-/m1/s1. The Hall–Kier alpha value is -1.95. The van der Waals surface area contributed by atoms with Gasteiger partial charge in [-0.1, -0.05) is 18.2 Å². The molecule has 2 aliphatic rings. The minimum atomic E-state index is -0.194. The van der Waals surface area contributed by atoms with Gasteiger partial charge < -0.3 is 10.2 Å². The molecule has 1 aromatic carbocycles. The summed E-state index contributed by atoms with van der Waals surface area (Å²) < 4.78 is 13.7. The zero-order valence-electron chi connectivity index (χ0n) is 14.7. The Balaban J connectivity index is 1.44. The zero-order chi connectivity index (χ0) is 17.8. The first-order valence-corrected chi connectivity index (χ1v) is 9.03. The summed E-state index contributed by atoms with van der Waals surface area (Å²) in [7, 11) is 1.78. The lowest BCUT2D eigenvalue weighted by Gasteiger charge is -2.34. The van der Waals surface area contributed by atoms with Gasteiger partial charge in [0.1, 0.15) is 5.82 Å². The Bertz CT molecular complexity index is 629. The summed E-state index contributed by atoms with van der Waals surface area (Å²) in [5.41, 5.74) is 0.717. The highest BCUT2D eigenvalue weighted by Crippen LogP contribution is 2.20. The summed E-state index contributed by atoms with van der Waals surface area (Å²) in [5.74, 6) is -0.301. The second kappa shape index (κ2) is 7.95. The second-order valence-corrected chi connectivity index (χ2v) is 7.16. The minimum absolute atomic E-state index is 0.00834. The number of hydrogen-bond acceptors (Lipinski definition) is 3. The summed E-state index contributed by atoms with van der Waals surface area (Å²) in [6.07, 6.45) is 2.77. The molecule has 0 bridgehead atoms. The van der Waals surface area contributed by atoms with Gasteiger partial charge in [-0.25, -0.2) is 4.39 Å². The fraction of sp³-hybridized carbons (Fsp3) is 0.579. The minimum Gasteiger partial charge on any atom is -0.353 e. The van der Waals surface area contributed by atoms with Crippen molar-refractivity contribution in [1.29, 1.82) is 0 Å². The Kier molecular flexibility index (Phi) is 5.68. The van der Waals surface area contributed by atoms with Gasteiger partial charge in [-0.05, 0) is 25.3 Å². The van der Waals surface area contributed by atoms with Gasteiger partial charge in [-0.2, -0.15) is 0 Å². The summed E-state index contributed by atoms with van der Waals surface area (Å²) in [5, 5.41) is 3.11.